The number of Topliss-reactive ketones (excluding diaryl/α,β-unsaturated/α-hetero) is 1. The molecule has 3 aliphatic heterocycles. The first-order valence-electron chi connectivity index (χ1n) is 19.7. The van der Waals surface area contributed by atoms with Crippen molar-refractivity contribution in [2.24, 2.45) is 11.8 Å². The number of piperidine rings is 1. The van der Waals surface area contributed by atoms with Gasteiger partial charge in [0.25, 0.3) is 5.56 Å². The van der Waals surface area contributed by atoms with Gasteiger partial charge in [-0.15, -0.1) is 0 Å². The van der Waals surface area contributed by atoms with Gasteiger partial charge in [0.15, 0.2) is 0 Å². The molecule has 5 atom stereocenters. The first kappa shape index (κ1) is 40.3. The third-order valence-corrected chi connectivity index (χ3v) is 11.3. The molecule has 0 spiro atoms. The first-order valence-corrected chi connectivity index (χ1v) is 19.7. The number of hydrogen-bond donors (Lipinski definition) is 3. The fourth-order valence-electron chi connectivity index (χ4n) is 8.45. The summed E-state index contributed by atoms with van der Waals surface area (Å²) in [4.78, 5) is 68.8. The molecule has 2 bridgehead atoms. The van der Waals surface area contributed by atoms with Crippen molar-refractivity contribution < 1.29 is 38.9 Å². The van der Waals surface area contributed by atoms with E-state index in [1.54, 1.807) is 60.4 Å². The minimum atomic E-state index is -0.952. The molecule has 6 rings (SSSR count). The summed E-state index contributed by atoms with van der Waals surface area (Å²) < 4.78 is 12.9. The zero-order valence-corrected chi connectivity index (χ0v) is 32.7. The lowest BCUT2D eigenvalue weighted by Crippen LogP contribution is -2.56. The van der Waals surface area contributed by atoms with Crippen LogP contribution < -0.4 is 15.6 Å². The van der Waals surface area contributed by atoms with Crippen LogP contribution in [0.3, 0.4) is 0 Å². The molecule has 0 aliphatic carbocycles. The molecule has 0 radical (unpaired) electrons. The normalized spacial score (nSPS) is 21.8. The summed E-state index contributed by atoms with van der Waals surface area (Å²) in [6.07, 6.45) is 6.52. The predicted octanol–water partition coefficient (Wildman–Crippen LogP) is 6.06. The van der Waals surface area contributed by atoms with Gasteiger partial charge < -0.3 is 34.5 Å². The van der Waals surface area contributed by atoms with Crippen molar-refractivity contribution in [2.45, 2.75) is 103 Å². The van der Waals surface area contributed by atoms with Gasteiger partial charge in [-0.05, 0) is 86.3 Å². The molecular weight excluding hydrogens is 714 g/mol. The Bertz CT molecular complexity index is 2040. The Morgan fingerprint density at radius 3 is 2.48 bits per heavy atom. The highest BCUT2D eigenvalue weighted by atomic mass is 16.5. The van der Waals surface area contributed by atoms with Crippen LogP contribution in [-0.2, 0) is 25.7 Å². The van der Waals surface area contributed by atoms with Crippen LogP contribution in [0.15, 0.2) is 59.4 Å². The lowest BCUT2D eigenvalue weighted by atomic mass is 9.82. The lowest BCUT2D eigenvalue weighted by Gasteiger charge is -2.44. The van der Waals surface area contributed by atoms with Crippen molar-refractivity contribution in [3.63, 3.8) is 0 Å². The molecule has 12 heteroatoms. The van der Waals surface area contributed by atoms with E-state index in [2.05, 4.69) is 5.32 Å². The third-order valence-electron chi connectivity index (χ3n) is 11.3. The molecule has 0 saturated carbocycles. The van der Waals surface area contributed by atoms with E-state index in [0.717, 1.165) is 12.1 Å². The summed E-state index contributed by atoms with van der Waals surface area (Å²) in [7, 11) is 1.53. The number of fused-ring (bicyclic) bond motifs is 5. The van der Waals surface area contributed by atoms with Crippen LogP contribution in [0.25, 0.3) is 6.08 Å². The van der Waals surface area contributed by atoms with E-state index in [-0.39, 0.29) is 63.9 Å². The molecular formula is C44H53N3O9. The van der Waals surface area contributed by atoms with Gasteiger partial charge in [-0.25, -0.2) is 4.79 Å². The average Bonchev–Trinajstić information content (AvgIpc) is 3.16. The van der Waals surface area contributed by atoms with Crippen molar-refractivity contribution in [1.29, 1.82) is 0 Å². The smallest absolute Gasteiger partial charge is 0.342 e. The summed E-state index contributed by atoms with van der Waals surface area (Å²) in [5.74, 6) is -2.70. The number of rotatable bonds is 8. The number of aromatic nitrogens is 1. The van der Waals surface area contributed by atoms with Gasteiger partial charge in [0.05, 0.1) is 13.2 Å². The third kappa shape index (κ3) is 9.01. The Kier molecular flexibility index (Phi) is 12.7. The Morgan fingerprint density at radius 1 is 1.00 bits per heavy atom. The number of aromatic hydroxyl groups is 2. The fourth-order valence-corrected chi connectivity index (χ4v) is 8.45. The number of cyclic esters (lactones) is 1. The SMILES string of the molecule is COc1ccc(C(CC(=O)NC(C(=O)N2C[C@H]3C[C@@H](C2)c2cccc(=O)n2C3)C(C)C)c2c(O)cc3c(c2O)C(=O)O[C@@H](C)CCCC(=O)CCC/C=C/3)cc1. The van der Waals surface area contributed by atoms with Gasteiger partial charge in [-0.3, -0.25) is 19.2 Å². The summed E-state index contributed by atoms with van der Waals surface area (Å²) in [5, 5.41) is 26.6. The monoisotopic (exact) mass is 767 g/mol. The minimum absolute atomic E-state index is 0.0111. The summed E-state index contributed by atoms with van der Waals surface area (Å²) >= 11 is 0. The number of amides is 2. The maximum Gasteiger partial charge on any atom is 0.342 e. The molecule has 298 valence electrons. The lowest BCUT2D eigenvalue weighted by molar-refractivity contribution is -0.140. The number of carbonyl (C=O) groups excluding carboxylic acids is 4. The number of phenolic OH excluding ortho intramolecular Hbond substituents is 2. The van der Waals surface area contributed by atoms with Crippen LogP contribution in [0.1, 0.15) is 117 Å². The van der Waals surface area contributed by atoms with E-state index in [9.17, 15) is 34.2 Å². The van der Waals surface area contributed by atoms with Gasteiger partial charge >= 0.3 is 5.97 Å². The van der Waals surface area contributed by atoms with Crippen LogP contribution in [0.5, 0.6) is 17.2 Å². The Hall–Kier alpha value is -5.39. The first-order chi connectivity index (χ1) is 26.8. The predicted molar refractivity (Wildman–Crippen MR) is 211 cm³/mol. The zero-order valence-electron chi connectivity index (χ0n) is 32.7. The number of nitrogens with zero attached hydrogens (tertiary/aromatic N) is 2. The topological polar surface area (TPSA) is 164 Å². The number of ether oxygens (including phenoxy) is 2. The van der Waals surface area contributed by atoms with Crippen LogP contribution in [0, 0.1) is 11.8 Å². The largest absolute Gasteiger partial charge is 0.507 e. The number of benzene rings is 2. The molecule has 56 heavy (non-hydrogen) atoms. The van der Waals surface area contributed by atoms with Crippen molar-refractivity contribution in [3.8, 4) is 17.2 Å². The number of phenols is 2. The average molecular weight is 768 g/mol. The summed E-state index contributed by atoms with van der Waals surface area (Å²) in [6.45, 7) is 6.91. The molecule has 3 aromatic rings. The maximum atomic E-state index is 14.2. The highest BCUT2D eigenvalue weighted by molar-refractivity contribution is 5.98. The second-order valence-electron chi connectivity index (χ2n) is 15.8. The molecule has 3 N–H and O–H groups in total. The number of ketones is 1. The number of allylic oxidation sites excluding steroid dienone is 1. The van der Waals surface area contributed by atoms with Crippen LogP contribution in [0.4, 0.5) is 0 Å². The number of pyridine rings is 1. The van der Waals surface area contributed by atoms with Gasteiger partial charge in [0.2, 0.25) is 11.8 Å². The molecule has 2 amide bonds. The Morgan fingerprint density at radius 2 is 1.75 bits per heavy atom. The highest BCUT2D eigenvalue weighted by Gasteiger charge is 2.39. The van der Waals surface area contributed by atoms with Crippen LogP contribution in [-0.4, -0.2) is 75.6 Å². The van der Waals surface area contributed by atoms with Crippen molar-refractivity contribution in [1.82, 2.24) is 14.8 Å². The van der Waals surface area contributed by atoms with Gasteiger partial charge in [-0.2, -0.15) is 0 Å². The van der Waals surface area contributed by atoms with Crippen LogP contribution in [0.2, 0.25) is 0 Å². The van der Waals surface area contributed by atoms with E-state index in [4.69, 9.17) is 9.47 Å². The summed E-state index contributed by atoms with van der Waals surface area (Å²) in [6, 6.07) is 12.6. The molecule has 1 saturated heterocycles. The van der Waals surface area contributed by atoms with Crippen LogP contribution >= 0.6 is 0 Å². The highest BCUT2D eigenvalue weighted by Crippen LogP contribution is 2.44. The van der Waals surface area contributed by atoms with Crippen molar-refractivity contribution >= 4 is 29.6 Å². The van der Waals surface area contributed by atoms with E-state index in [1.807, 2.05) is 24.5 Å². The fraction of sp³-hybridized carbons (Fsp3) is 0.477. The quantitative estimate of drug-likeness (QED) is 0.231. The second-order valence-corrected chi connectivity index (χ2v) is 15.8. The van der Waals surface area contributed by atoms with E-state index >= 15 is 0 Å². The Labute approximate surface area is 327 Å². The van der Waals surface area contributed by atoms with Gasteiger partial charge in [0, 0.05) is 68.1 Å². The van der Waals surface area contributed by atoms with E-state index in [1.165, 1.54) is 13.2 Å². The molecule has 2 aromatic carbocycles. The van der Waals surface area contributed by atoms with Gasteiger partial charge in [0.1, 0.15) is 34.6 Å². The number of esters is 1. The number of hydrogen-bond acceptors (Lipinski definition) is 9. The van der Waals surface area contributed by atoms with E-state index in [0.29, 0.717) is 69.5 Å². The molecule has 1 aromatic heterocycles. The zero-order chi connectivity index (χ0) is 40.1. The number of methoxy groups -OCH3 is 1. The molecule has 2 unspecified atom stereocenters. The molecule has 4 heterocycles. The van der Waals surface area contributed by atoms with Crippen molar-refractivity contribution in [2.75, 3.05) is 20.2 Å². The van der Waals surface area contributed by atoms with Gasteiger partial charge in [-0.1, -0.05) is 44.2 Å². The Balaban J connectivity index is 1.30. The van der Waals surface area contributed by atoms with Crippen molar-refractivity contribution in [3.05, 3.63) is 92.9 Å². The molecule has 3 aliphatic rings. The molecule has 1 fully saturated rings. The number of likely N-dealkylation sites (tertiary alicyclic amines) is 1. The number of nitrogens with one attached hydrogen (secondary N) is 1. The van der Waals surface area contributed by atoms with E-state index < -0.39 is 35.7 Å². The number of carbonyl (C=O) groups is 4. The molecule has 12 nitrogen and oxygen atoms in total. The minimum Gasteiger partial charge on any atom is -0.507 e. The summed E-state index contributed by atoms with van der Waals surface area (Å²) in [5.41, 5.74) is 1.51. The second kappa shape index (κ2) is 17.6. The maximum absolute atomic E-state index is 14.2. The standard InChI is InChI=1S/C44H53N3O9/c1-26(2)41(43(53)46-23-28-20-31(25-46)35-14-9-15-38(51)47(35)24-28)45-37(50)22-34(29-16-18-33(55-4)19-17-29)40-36(49)21-30-11-6-5-7-12-32(48)13-8-10-27(3)56-44(54)39(30)42(40)52/h6,9,11,14-19,21,26-28,31,34,41,49,52H,5,7-8,10,12-13,20,22-25H2,1-4H3,(H,45,50)/b11-6+/t27-,28+,31-,34?,41?/m0/s1.